The maximum absolute atomic E-state index is 11.7. The molecule has 2 rings (SSSR count). The molecule has 0 amide bonds. The van der Waals surface area contributed by atoms with Gasteiger partial charge in [-0.15, -0.1) is 0 Å². The third-order valence-corrected chi connectivity index (χ3v) is 3.20. The van der Waals surface area contributed by atoms with Crippen molar-refractivity contribution in [3.8, 4) is 0 Å². The summed E-state index contributed by atoms with van der Waals surface area (Å²) < 4.78 is 0. The lowest BCUT2D eigenvalue weighted by Crippen LogP contribution is -2.06. The fourth-order valence-electron chi connectivity index (χ4n) is 2.49. The molecule has 0 radical (unpaired) electrons. The van der Waals surface area contributed by atoms with Gasteiger partial charge in [0, 0.05) is 12.8 Å². The second kappa shape index (κ2) is 4.82. The second-order valence-corrected chi connectivity index (χ2v) is 5.27. The minimum Gasteiger partial charge on any atom is -0.299 e. The Morgan fingerprint density at radius 3 is 2.75 bits per heavy atom. The quantitative estimate of drug-likeness (QED) is 0.754. The minimum atomic E-state index is 0.368. The van der Waals surface area contributed by atoms with E-state index in [9.17, 15) is 4.79 Å². The highest BCUT2D eigenvalue weighted by molar-refractivity contribution is 5.81. The van der Waals surface area contributed by atoms with Crippen LogP contribution >= 0.6 is 0 Å². The number of ketones is 1. The Labute approximate surface area is 97.9 Å². The third-order valence-electron chi connectivity index (χ3n) is 3.20. The van der Waals surface area contributed by atoms with Crippen molar-refractivity contribution in [2.75, 3.05) is 0 Å². The molecule has 1 aliphatic rings. The highest BCUT2D eigenvalue weighted by Gasteiger charge is 2.12. The highest BCUT2D eigenvalue weighted by Crippen LogP contribution is 2.23. The number of carbonyl (C=O) groups excluding carboxylic acids is 1. The first-order chi connectivity index (χ1) is 7.65. The van der Waals surface area contributed by atoms with Gasteiger partial charge >= 0.3 is 0 Å². The zero-order valence-electron chi connectivity index (χ0n) is 10.3. The van der Waals surface area contributed by atoms with E-state index in [-0.39, 0.29) is 0 Å². The highest BCUT2D eigenvalue weighted by atomic mass is 16.1. The van der Waals surface area contributed by atoms with Crippen molar-refractivity contribution in [3.05, 3.63) is 34.9 Å². The lowest BCUT2D eigenvalue weighted by molar-refractivity contribution is -0.119. The lowest BCUT2D eigenvalue weighted by atomic mass is 9.99. The van der Waals surface area contributed by atoms with Crippen LogP contribution < -0.4 is 0 Å². The first-order valence-electron chi connectivity index (χ1n) is 6.27. The summed E-state index contributed by atoms with van der Waals surface area (Å²) in [5, 5.41) is 0. The normalized spacial score (nSPS) is 14.2. The van der Waals surface area contributed by atoms with Gasteiger partial charge in [0.15, 0.2) is 0 Å². The smallest absolute Gasteiger partial charge is 0.137 e. The van der Waals surface area contributed by atoms with Crippen LogP contribution in [0.2, 0.25) is 0 Å². The number of rotatable bonds is 4. The van der Waals surface area contributed by atoms with Gasteiger partial charge in [-0.3, -0.25) is 4.79 Å². The molecule has 16 heavy (non-hydrogen) atoms. The van der Waals surface area contributed by atoms with Crippen molar-refractivity contribution in [2.45, 2.75) is 46.0 Å². The molecule has 1 aliphatic carbocycles. The number of carbonyl (C=O) groups is 1. The molecule has 1 nitrogen and oxygen atoms in total. The summed E-state index contributed by atoms with van der Waals surface area (Å²) in [6.45, 7) is 4.20. The molecule has 86 valence electrons. The number of Topliss-reactive ketones (excluding diaryl/α,β-unsaturated/α-hetero) is 1. The molecular formula is C15H20O. The number of aryl methyl sites for hydroxylation is 2. The lowest BCUT2D eigenvalue weighted by Gasteiger charge is -2.06. The summed E-state index contributed by atoms with van der Waals surface area (Å²) in [4.78, 5) is 11.7. The van der Waals surface area contributed by atoms with Crippen molar-refractivity contribution < 1.29 is 4.79 Å². The number of hydrogen-bond acceptors (Lipinski definition) is 1. The summed E-state index contributed by atoms with van der Waals surface area (Å²) in [5.41, 5.74) is 4.15. The Kier molecular flexibility index (Phi) is 3.42. The van der Waals surface area contributed by atoms with Gasteiger partial charge in [-0.2, -0.15) is 0 Å². The molecule has 0 aliphatic heterocycles. The van der Waals surface area contributed by atoms with Crippen molar-refractivity contribution in [1.29, 1.82) is 0 Å². The second-order valence-electron chi connectivity index (χ2n) is 5.27. The summed E-state index contributed by atoms with van der Waals surface area (Å²) in [5.74, 6) is 0.842. The zero-order chi connectivity index (χ0) is 11.5. The molecule has 0 saturated carbocycles. The van der Waals surface area contributed by atoms with Gasteiger partial charge in [-0.25, -0.2) is 0 Å². The van der Waals surface area contributed by atoms with Gasteiger partial charge in [0.25, 0.3) is 0 Å². The molecule has 0 saturated heterocycles. The maximum atomic E-state index is 11.7. The average molecular weight is 216 g/mol. The van der Waals surface area contributed by atoms with Gasteiger partial charge < -0.3 is 0 Å². The van der Waals surface area contributed by atoms with Crippen molar-refractivity contribution in [3.63, 3.8) is 0 Å². The van der Waals surface area contributed by atoms with Crippen LogP contribution in [0.3, 0.4) is 0 Å². The number of hydrogen-bond donors (Lipinski definition) is 0. The monoisotopic (exact) mass is 216 g/mol. The number of benzene rings is 1. The Balaban J connectivity index is 2.02. The van der Waals surface area contributed by atoms with Gasteiger partial charge in [0.2, 0.25) is 0 Å². The van der Waals surface area contributed by atoms with Crippen molar-refractivity contribution in [2.24, 2.45) is 5.92 Å². The van der Waals surface area contributed by atoms with E-state index in [1.54, 1.807) is 0 Å². The van der Waals surface area contributed by atoms with Crippen molar-refractivity contribution >= 4 is 5.78 Å². The van der Waals surface area contributed by atoms with Crippen LogP contribution in [-0.2, 0) is 24.1 Å². The summed E-state index contributed by atoms with van der Waals surface area (Å²) in [7, 11) is 0. The predicted molar refractivity (Wildman–Crippen MR) is 66.6 cm³/mol. The number of fused-ring (bicyclic) bond motifs is 1. The van der Waals surface area contributed by atoms with E-state index in [1.807, 2.05) is 0 Å². The molecule has 0 spiro atoms. The third kappa shape index (κ3) is 2.72. The molecule has 1 heteroatoms. The largest absolute Gasteiger partial charge is 0.299 e. The van der Waals surface area contributed by atoms with E-state index in [0.29, 0.717) is 24.5 Å². The Hall–Kier alpha value is -1.11. The van der Waals surface area contributed by atoms with E-state index in [0.717, 1.165) is 0 Å². The molecular weight excluding hydrogens is 196 g/mol. The molecule has 0 N–H and O–H groups in total. The van der Waals surface area contributed by atoms with Gasteiger partial charge in [0.05, 0.1) is 0 Å². The molecule has 1 aromatic carbocycles. The molecule has 0 heterocycles. The zero-order valence-corrected chi connectivity index (χ0v) is 10.3. The van der Waals surface area contributed by atoms with Crippen LogP contribution in [0.4, 0.5) is 0 Å². The van der Waals surface area contributed by atoms with E-state index < -0.39 is 0 Å². The summed E-state index contributed by atoms with van der Waals surface area (Å²) in [6.07, 6.45) is 5.01. The van der Waals surface area contributed by atoms with Crippen LogP contribution in [0.25, 0.3) is 0 Å². The topological polar surface area (TPSA) is 17.1 Å². The Morgan fingerprint density at radius 2 is 2.00 bits per heavy atom. The molecule has 0 atom stereocenters. The van der Waals surface area contributed by atoms with Crippen LogP contribution in [0.1, 0.15) is 43.4 Å². The fourth-order valence-corrected chi connectivity index (χ4v) is 2.49. The molecule has 0 bridgehead atoms. The SMILES string of the molecule is CC(C)CC(=O)Cc1ccc2c(c1)CCC2. The van der Waals surface area contributed by atoms with Crippen LogP contribution in [0.15, 0.2) is 18.2 Å². The molecule has 0 unspecified atom stereocenters. The minimum absolute atomic E-state index is 0.368. The van der Waals surface area contributed by atoms with Crippen LogP contribution in [0, 0.1) is 5.92 Å². The van der Waals surface area contributed by atoms with E-state index >= 15 is 0 Å². The van der Waals surface area contributed by atoms with E-state index in [1.165, 1.54) is 36.0 Å². The van der Waals surface area contributed by atoms with E-state index in [2.05, 4.69) is 32.0 Å². The van der Waals surface area contributed by atoms with Crippen LogP contribution in [-0.4, -0.2) is 5.78 Å². The summed E-state index contributed by atoms with van der Waals surface area (Å²) in [6, 6.07) is 6.57. The average Bonchev–Trinajstić information content (AvgIpc) is 2.63. The fraction of sp³-hybridized carbons (Fsp3) is 0.533. The molecule has 0 fully saturated rings. The standard InChI is InChI=1S/C15H20O/c1-11(2)8-15(16)10-12-6-7-13-4-3-5-14(13)9-12/h6-7,9,11H,3-5,8,10H2,1-2H3. The van der Waals surface area contributed by atoms with Gasteiger partial charge in [-0.1, -0.05) is 32.0 Å². The maximum Gasteiger partial charge on any atom is 0.137 e. The van der Waals surface area contributed by atoms with Gasteiger partial charge in [0.1, 0.15) is 5.78 Å². The van der Waals surface area contributed by atoms with Gasteiger partial charge in [-0.05, 0) is 41.9 Å². The predicted octanol–water partition coefficient (Wildman–Crippen LogP) is 3.33. The Morgan fingerprint density at radius 1 is 1.25 bits per heavy atom. The molecule has 1 aromatic rings. The summed E-state index contributed by atoms with van der Waals surface area (Å²) >= 11 is 0. The van der Waals surface area contributed by atoms with Crippen LogP contribution in [0.5, 0.6) is 0 Å². The molecule has 0 aromatic heterocycles. The Bertz CT molecular complexity index is 390. The first-order valence-corrected chi connectivity index (χ1v) is 6.27. The van der Waals surface area contributed by atoms with E-state index in [4.69, 9.17) is 0 Å². The first kappa shape index (κ1) is 11.4. The van der Waals surface area contributed by atoms with Crippen molar-refractivity contribution in [1.82, 2.24) is 0 Å².